The molecule has 0 spiro atoms. The van der Waals surface area contributed by atoms with Crippen LogP contribution < -0.4 is 0 Å². The van der Waals surface area contributed by atoms with Crippen LogP contribution in [0.1, 0.15) is 6.92 Å². The van der Waals surface area contributed by atoms with Crippen LogP contribution in [0.3, 0.4) is 0 Å². The second kappa shape index (κ2) is 2.75. The minimum absolute atomic E-state index is 1.46. The van der Waals surface area contributed by atoms with Gasteiger partial charge in [0.05, 0.1) is 0 Å². The van der Waals surface area contributed by atoms with Gasteiger partial charge in [0, 0.05) is 0 Å². The molecule has 0 saturated carbocycles. The van der Waals surface area contributed by atoms with Gasteiger partial charge in [-0.2, -0.15) is 0 Å². The summed E-state index contributed by atoms with van der Waals surface area (Å²) in [4.78, 5) is 7.19. The van der Waals surface area contributed by atoms with Crippen molar-refractivity contribution in [1.29, 1.82) is 0 Å². The first-order chi connectivity index (χ1) is 3.06. The van der Waals surface area contributed by atoms with Crippen molar-refractivity contribution in [1.82, 2.24) is 0 Å². The van der Waals surface area contributed by atoms with E-state index in [-0.39, 0.29) is 0 Å². The first-order valence-electron chi connectivity index (χ1n) is 2.70. The number of allylic oxidation sites excluding steroid dienone is 1. The third kappa shape index (κ3) is 6.54. The summed E-state index contributed by atoms with van der Waals surface area (Å²) in [6.45, 7) is 2.10. The molecule has 0 fully saturated rings. The molecular weight excluding hydrogens is 191 g/mol. The minimum atomic E-state index is -1.46. The second-order valence-corrected chi connectivity index (χ2v) is 17.3. The summed E-state index contributed by atoms with van der Waals surface area (Å²) in [5.74, 6) is 0. The first kappa shape index (κ1) is 7.54. The van der Waals surface area contributed by atoms with E-state index in [2.05, 4.69) is 31.9 Å². The van der Waals surface area contributed by atoms with Crippen LogP contribution in [0.2, 0.25) is 14.8 Å². The van der Waals surface area contributed by atoms with Crippen molar-refractivity contribution in [3.8, 4) is 0 Å². The molecule has 0 amide bonds. The van der Waals surface area contributed by atoms with Crippen LogP contribution in [0.15, 0.2) is 10.2 Å². The maximum absolute atomic E-state index is 2.40. The van der Waals surface area contributed by atoms with E-state index in [1.807, 2.05) is 0 Å². The maximum atomic E-state index is 2.40. The molecule has 0 saturated heterocycles. The fourth-order valence-corrected chi connectivity index (χ4v) is 3.35. The molecule has 0 aromatic heterocycles. The van der Waals surface area contributed by atoms with Gasteiger partial charge >= 0.3 is 50.3 Å². The zero-order chi connectivity index (χ0) is 5.91. The Kier molecular flexibility index (Phi) is 2.96. The van der Waals surface area contributed by atoms with Crippen LogP contribution >= 0.6 is 0 Å². The van der Waals surface area contributed by atoms with E-state index in [4.69, 9.17) is 0 Å². The van der Waals surface area contributed by atoms with Gasteiger partial charge in [0.1, 0.15) is 0 Å². The SMILES string of the molecule is C/C=[CH]\[Sn]([CH3])([CH3])[CH3]. The molecule has 0 aliphatic carbocycles. The van der Waals surface area contributed by atoms with Gasteiger partial charge in [0.15, 0.2) is 0 Å². The van der Waals surface area contributed by atoms with Gasteiger partial charge in [-0.1, -0.05) is 0 Å². The average molecular weight is 205 g/mol. The molecule has 7 heavy (non-hydrogen) atoms. The van der Waals surface area contributed by atoms with Crippen LogP contribution in [0, 0.1) is 0 Å². The van der Waals surface area contributed by atoms with Crippen LogP contribution in [0.4, 0.5) is 0 Å². The van der Waals surface area contributed by atoms with E-state index in [1.54, 1.807) is 0 Å². The molecule has 42 valence electrons. The van der Waals surface area contributed by atoms with Crippen molar-refractivity contribution in [3.63, 3.8) is 0 Å². The van der Waals surface area contributed by atoms with Crippen LogP contribution in [0.25, 0.3) is 0 Å². The van der Waals surface area contributed by atoms with Crippen molar-refractivity contribution in [2.75, 3.05) is 0 Å². The van der Waals surface area contributed by atoms with E-state index < -0.39 is 18.4 Å². The van der Waals surface area contributed by atoms with Gasteiger partial charge in [-0.15, -0.1) is 0 Å². The van der Waals surface area contributed by atoms with Crippen molar-refractivity contribution in [2.45, 2.75) is 21.7 Å². The number of hydrogen-bond acceptors (Lipinski definition) is 0. The molecule has 0 unspecified atom stereocenters. The Bertz CT molecular complexity index is 66.7. The van der Waals surface area contributed by atoms with Crippen LogP contribution in [-0.2, 0) is 0 Å². The van der Waals surface area contributed by atoms with Gasteiger partial charge in [0.25, 0.3) is 0 Å². The van der Waals surface area contributed by atoms with Gasteiger partial charge in [-0.25, -0.2) is 0 Å². The molecule has 0 atom stereocenters. The normalized spacial score (nSPS) is 13.1. The fraction of sp³-hybridized carbons (Fsp3) is 0.667. The van der Waals surface area contributed by atoms with Gasteiger partial charge in [-0.3, -0.25) is 0 Å². The van der Waals surface area contributed by atoms with E-state index in [1.165, 1.54) is 0 Å². The summed E-state index contributed by atoms with van der Waals surface area (Å²) < 4.78 is 2.40. The Hall–Kier alpha value is 0.539. The third-order valence-corrected chi connectivity index (χ3v) is 4.47. The van der Waals surface area contributed by atoms with Crippen molar-refractivity contribution < 1.29 is 0 Å². The summed E-state index contributed by atoms with van der Waals surface area (Å²) >= 11 is -1.46. The Balaban J connectivity index is 3.56. The molecule has 0 aliphatic rings. The zero-order valence-electron chi connectivity index (χ0n) is 5.65. The standard InChI is InChI=1S/C3H5.3CH3.Sn/c1-3-2;;;;/h1,3H,2H3;3*1H3;. The van der Waals surface area contributed by atoms with E-state index in [9.17, 15) is 0 Å². The molecule has 0 N–H and O–H groups in total. The van der Waals surface area contributed by atoms with E-state index in [0.29, 0.717) is 0 Å². The quantitative estimate of drug-likeness (QED) is 0.576. The number of rotatable bonds is 1. The monoisotopic (exact) mass is 206 g/mol. The van der Waals surface area contributed by atoms with Gasteiger partial charge < -0.3 is 0 Å². The predicted octanol–water partition coefficient (Wildman–Crippen LogP) is 2.44. The topological polar surface area (TPSA) is 0 Å². The van der Waals surface area contributed by atoms with Crippen molar-refractivity contribution in [2.24, 2.45) is 0 Å². The third-order valence-electron chi connectivity index (χ3n) is 0.667. The predicted molar refractivity (Wildman–Crippen MR) is 38.2 cm³/mol. The molecule has 0 radical (unpaired) electrons. The summed E-state index contributed by atoms with van der Waals surface area (Å²) in [5.41, 5.74) is 0. The first-order valence-corrected chi connectivity index (χ1v) is 12.9. The Morgan fingerprint density at radius 1 is 1.14 bits per heavy atom. The molecule has 0 bridgehead atoms. The van der Waals surface area contributed by atoms with Gasteiger partial charge in [-0.05, 0) is 0 Å². The van der Waals surface area contributed by atoms with E-state index >= 15 is 0 Å². The fourth-order valence-electron chi connectivity index (χ4n) is 0.500. The average Bonchev–Trinajstić information content (AvgIpc) is 1.30. The van der Waals surface area contributed by atoms with Gasteiger partial charge in [0.2, 0.25) is 0 Å². The Morgan fingerprint density at radius 2 is 1.57 bits per heavy atom. The second-order valence-electron chi connectivity index (χ2n) is 2.87. The molecule has 0 aromatic carbocycles. The molecule has 1 heteroatoms. The summed E-state index contributed by atoms with van der Waals surface area (Å²) in [5, 5.41) is 0. The van der Waals surface area contributed by atoms with Crippen LogP contribution in [-0.4, -0.2) is 18.4 Å². The Morgan fingerprint density at radius 3 is 1.57 bits per heavy atom. The Labute approximate surface area is 50.5 Å². The van der Waals surface area contributed by atoms with Crippen LogP contribution in [0.5, 0.6) is 0 Å². The summed E-state index contributed by atoms with van der Waals surface area (Å²) in [7, 11) is 0. The molecule has 0 rings (SSSR count). The number of hydrogen-bond donors (Lipinski definition) is 0. The zero-order valence-corrected chi connectivity index (χ0v) is 8.51. The molecule has 0 nitrogen and oxygen atoms in total. The molecule has 0 aliphatic heterocycles. The summed E-state index contributed by atoms with van der Waals surface area (Å²) in [6, 6.07) is 0. The van der Waals surface area contributed by atoms with Crippen molar-refractivity contribution >= 4 is 18.4 Å². The van der Waals surface area contributed by atoms with Crippen molar-refractivity contribution in [3.05, 3.63) is 10.2 Å². The molecular formula is C6H14Sn. The van der Waals surface area contributed by atoms with E-state index in [0.717, 1.165) is 0 Å². The molecule has 0 aromatic rings. The summed E-state index contributed by atoms with van der Waals surface area (Å²) in [6.07, 6.45) is 2.18. The molecule has 0 heterocycles.